The largest absolute Gasteiger partial charge is 0.344 e. The van der Waals surface area contributed by atoms with Crippen LogP contribution in [0.15, 0.2) is 99.9 Å². The van der Waals surface area contributed by atoms with Gasteiger partial charge >= 0.3 is 0 Å². The van der Waals surface area contributed by atoms with Gasteiger partial charge in [0.1, 0.15) is 0 Å². The van der Waals surface area contributed by atoms with Crippen LogP contribution in [0.1, 0.15) is 175 Å². The molecule has 1 aromatic carbocycles. The van der Waals surface area contributed by atoms with Crippen LogP contribution in [0.5, 0.6) is 0 Å². The number of benzene rings is 1. The SMILES string of the molecule is CC1CC2CC2=CC(C2CC3=C4B(C5CC(c6ccccc6)CC6=C5N3C(C)(C)C63CCCCC3)C3C=C(C5=CC=CCC5)CC5C3N(C4C2)C(C)(C)C52CCCCC2)C1. The molecule has 12 aliphatic rings. The quantitative estimate of drug-likeness (QED) is 0.222. The Balaban J connectivity index is 1.06. The molecule has 2 spiro atoms. The van der Waals surface area contributed by atoms with Gasteiger partial charge in [-0.3, -0.25) is 4.90 Å². The van der Waals surface area contributed by atoms with Crippen LogP contribution >= 0.6 is 0 Å². The fourth-order valence-electron chi connectivity index (χ4n) is 19.1. The predicted molar refractivity (Wildman–Crippen MR) is 250 cm³/mol. The maximum Gasteiger partial charge on any atom is 0.192 e. The third kappa shape index (κ3) is 5.00. The van der Waals surface area contributed by atoms with Crippen LogP contribution in [0.2, 0.25) is 11.6 Å². The summed E-state index contributed by atoms with van der Waals surface area (Å²) in [5.41, 5.74) is 15.7. The molecule has 2 saturated heterocycles. The van der Waals surface area contributed by atoms with Gasteiger partial charge in [0.2, 0.25) is 0 Å². The first-order valence-corrected chi connectivity index (χ1v) is 26.0. The average molecular weight is 799 g/mol. The molecule has 3 heteroatoms. The number of hydrogen-bond acceptors (Lipinski definition) is 2. The second-order valence-electron chi connectivity index (χ2n) is 24.5. The van der Waals surface area contributed by atoms with Crippen LogP contribution in [-0.2, 0) is 0 Å². The first-order chi connectivity index (χ1) is 29.1. The zero-order valence-electron chi connectivity index (χ0n) is 38.2. The molecule has 10 atom stereocenters. The second-order valence-corrected chi connectivity index (χ2v) is 24.5. The molecule has 0 N–H and O–H groups in total. The van der Waals surface area contributed by atoms with E-state index >= 15 is 0 Å². The van der Waals surface area contributed by atoms with Crippen LogP contribution in [0.4, 0.5) is 0 Å². The van der Waals surface area contributed by atoms with Crippen LogP contribution in [0.3, 0.4) is 0 Å². The Morgan fingerprint density at radius 1 is 0.733 bits per heavy atom. The van der Waals surface area contributed by atoms with Crippen molar-refractivity contribution in [1.82, 2.24) is 9.80 Å². The van der Waals surface area contributed by atoms with Gasteiger partial charge in [0.25, 0.3) is 0 Å². The van der Waals surface area contributed by atoms with E-state index in [9.17, 15) is 0 Å². The van der Waals surface area contributed by atoms with E-state index in [1.807, 2.05) is 28.0 Å². The zero-order valence-corrected chi connectivity index (χ0v) is 38.2. The first kappa shape index (κ1) is 38.0. The van der Waals surface area contributed by atoms with Crippen molar-refractivity contribution in [2.45, 2.75) is 204 Å². The number of hydrogen-bond donors (Lipinski definition) is 0. The van der Waals surface area contributed by atoms with Gasteiger partial charge in [0.05, 0.1) is 0 Å². The molecule has 8 aliphatic carbocycles. The Morgan fingerprint density at radius 3 is 2.28 bits per heavy atom. The minimum absolute atomic E-state index is 0.121. The lowest BCUT2D eigenvalue weighted by Gasteiger charge is -2.63. The van der Waals surface area contributed by atoms with Crippen LogP contribution in [0.25, 0.3) is 0 Å². The highest BCUT2D eigenvalue weighted by Crippen LogP contribution is 2.75. The highest BCUT2D eigenvalue weighted by Gasteiger charge is 2.73. The summed E-state index contributed by atoms with van der Waals surface area (Å²) in [6.45, 7) is 14.5. The number of nitrogens with zero attached hydrogens (tertiary/aromatic N) is 2. The smallest absolute Gasteiger partial charge is 0.192 e. The van der Waals surface area contributed by atoms with Crippen molar-refractivity contribution in [3.8, 4) is 0 Å². The fraction of sp³-hybridized carbons (Fsp3) is 0.684. The van der Waals surface area contributed by atoms with Crippen LogP contribution < -0.4 is 0 Å². The summed E-state index contributed by atoms with van der Waals surface area (Å²) in [6.07, 6.45) is 41.0. The monoisotopic (exact) mass is 799 g/mol. The maximum absolute atomic E-state index is 3.40. The van der Waals surface area contributed by atoms with E-state index in [1.165, 1.54) is 128 Å². The average Bonchev–Trinajstić information content (AvgIpc) is 3.96. The predicted octanol–water partition coefficient (Wildman–Crippen LogP) is 14.3. The van der Waals surface area contributed by atoms with Crippen molar-refractivity contribution in [1.29, 1.82) is 0 Å². The number of allylic oxidation sites excluding steroid dienone is 9. The molecule has 1 aromatic rings. The van der Waals surface area contributed by atoms with E-state index in [0.717, 1.165) is 29.6 Å². The second kappa shape index (κ2) is 13.3. The molecule has 316 valence electrons. The van der Waals surface area contributed by atoms with E-state index in [2.05, 4.69) is 105 Å². The van der Waals surface area contributed by atoms with Crippen molar-refractivity contribution in [3.05, 3.63) is 105 Å². The molecule has 4 heterocycles. The van der Waals surface area contributed by atoms with Crippen molar-refractivity contribution >= 4 is 6.71 Å². The summed E-state index contributed by atoms with van der Waals surface area (Å²) < 4.78 is 0. The van der Waals surface area contributed by atoms with Gasteiger partial charge in [-0.2, -0.15) is 0 Å². The molecule has 3 saturated carbocycles. The third-order valence-corrected chi connectivity index (χ3v) is 21.6. The molecular weight excluding hydrogens is 723 g/mol. The van der Waals surface area contributed by atoms with Gasteiger partial charge in [-0.15, -0.1) is 0 Å². The zero-order chi connectivity index (χ0) is 40.3. The normalized spacial score (nSPS) is 41.2. The highest BCUT2D eigenvalue weighted by molar-refractivity contribution is 6.72. The number of rotatable bonds is 3. The minimum atomic E-state index is 0.121. The molecule has 0 radical (unpaired) electrons. The van der Waals surface area contributed by atoms with Gasteiger partial charge in [-0.1, -0.05) is 117 Å². The molecule has 5 fully saturated rings. The Hall–Kier alpha value is -2.52. The third-order valence-electron chi connectivity index (χ3n) is 21.6. The standard InChI is InChI=1S/C57H75BN2/c1-36-26-39-28-41(39)29-40(27-36)44-34-49-51-50(35-44)60-53-46(57(55(60,4)5)24-16-9-17-25-57)31-43(38-20-12-7-13-21-38)33-48(53)58(51)47-32-42(37-18-10-6-11-19-37)30-45-52(47)59(49)54(2,3)56(45)22-14-8-15-23-56/h6-7,10-12,18-20,29,33,36,39-40,42,44,46-48,50,53H,8-9,13-17,21-28,30-32,34-35H2,1-5H3. The highest BCUT2D eigenvalue weighted by atomic mass is 15.3. The van der Waals surface area contributed by atoms with Crippen molar-refractivity contribution in [2.24, 2.45) is 40.4 Å². The molecule has 4 aliphatic heterocycles. The summed E-state index contributed by atoms with van der Waals surface area (Å²) in [4.78, 5) is 6.64. The maximum atomic E-state index is 3.40. The Morgan fingerprint density at radius 2 is 1.52 bits per heavy atom. The van der Waals surface area contributed by atoms with E-state index in [0.29, 0.717) is 47.2 Å². The summed E-state index contributed by atoms with van der Waals surface area (Å²) >= 11 is 0. The summed E-state index contributed by atoms with van der Waals surface area (Å²) in [7, 11) is 0. The lowest BCUT2D eigenvalue weighted by molar-refractivity contribution is -0.0120. The molecule has 0 aromatic heterocycles. The Bertz CT molecular complexity index is 2150. The lowest BCUT2D eigenvalue weighted by Crippen LogP contribution is -2.66. The molecule has 0 bridgehead atoms. The number of fused-ring (bicyclic) bond motifs is 7. The van der Waals surface area contributed by atoms with E-state index in [4.69, 9.17) is 0 Å². The topological polar surface area (TPSA) is 6.48 Å². The van der Waals surface area contributed by atoms with Gasteiger partial charge in [-0.25, -0.2) is 0 Å². The van der Waals surface area contributed by atoms with Crippen molar-refractivity contribution < 1.29 is 0 Å². The van der Waals surface area contributed by atoms with Crippen LogP contribution in [-0.4, -0.2) is 39.7 Å². The Kier molecular flexibility index (Phi) is 8.40. The van der Waals surface area contributed by atoms with Gasteiger partial charge in [0, 0.05) is 40.0 Å². The minimum Gasteiger partial charge on any atom is -0.344 e. The van der Waals surface area contributed by atoms with Crippen molar-refractivity contribution in [3.63, 3.8) is 0 Å². The van der Waals surface area contributed by atoms with Gasteiger partial charge in [-0.05, 0) is 192 Å². The summed E-state index contributed by atoms with van der Waals surface area (Å²) in [6, 6.07) is 13.3. The molecule has 13 rings (SSSR count). The summed E-state index contributed by atoms with van der Waals surface area (Å²) in [5, 5.41) is 0. The van der Waals surface area contributed by atoms with Crippen LogP contribution in [0, 0.1) is 40.4 Å². The van der Waals surface area contributed by atoms with E-state index in [-0.39, 0.29) is 11.1 Å². The fourth-order valence-corrected chi connectivity index (χ4v) is 19.1. The van der Waals surface area contributed by atoms with Gasteiger partial charge < -0.3 is 4.90 Å². The van der Waals surface area contributed by atoms with Crippen molar-refractivity contribution in [2.75, 3.05) is 0 Å². The first-order valence-electron chi connectivity index (χ1n) is 26.0. The van der Waals surface area contributed by atoms with Gasteiger partial charge in [0.15, 0.2) is 6.71 Å². The van der Waals surface area contributed by atoms with E-state index < -0.39 is 0 Å². The van der Waals surface area contributed by atoms with E-state index in [1.54, 1.807) is 16.7 Å². The summed E-state index contributed by atoms with van der Waals surface area (Å²) in [5.74, 6) is 5.90. The molecular formula is C57H75BN2. The molecule has 2 nitrogen and oxygen atoms in total. The Labute approximate surface area is 364 Å². The molecule has 0 amide bonds. The lowest BCUT2D eigenvalue weighted by atomic mass is 9.22. The molecule has 60 heavy (non-hydrogen) atoms. The molecule has 10 unspecified atom stereocenters.